The summed E-state index contributed by atoms with van der Waals surface area (Å²) >= 11 is 0. The molecule has 2 aromatic carbocycles. The summed E-state index contributed by atoms with van der Waals surface area (Å²) in [5.41, 5.74) is 1.71. The lowest BCUT2D eigenvalue weighted by atomic mass is 10.2. The van der Waals surface area contributed by atoms with E-state index in [0.717, 1.165) is 31.9 Å². The molecule has 154 valence electrons. The fourth-order valence-electron chi connectivity index (χ4n) is 4.02. The van der Waals surface area contributed by atoms with Crippen LogP contribution in [0.5, 0.6) is 5.75 Å². The number of hydrogen-bond acceptors (Lipinski definition) is 5. The molecule has 2 fully saturated rings. The lowest BCUT2D eigenvalue weighted by Gasteiger charge is -2.39. The van der Waals surface area contributed by atoms with Gasteiger partial charge in [0.2, 0.25) is 5.91 Å². The molecule has 0 unspecified atom stereocenters. The van der Waals surface area contributed by atoms with Gasteiger partial charge < -0.3 is 19.8 Å². The number of phenols is 1. The molecule has 4 rings (SSSR count). The number of carbonyl (C=O) groups excluding carboxylic acids is 1. The van der Waals surface area contributed by atoms with Crippen molar-refractivity contribution < 1.29 is 14.3 Å². The number of rotatable bonds is 4. The Morgan fingerprint density at radius 1 is 0.828 bits per heavy atom. The second-order valence-corrected chi connectivity index (χ2v) is 7.60. The highest BCUT2D eigenvalue weighted by Crippen LogP contribution is 2.21. The predicted octanol–water partition coefficient (Wildman–Crippen LogP) is 2.00. The topological polar surface area (TPSA) is 50.3 Å². The molecule has 29 heavy (non-hydrogen) atoms. The number of phenolic OH excluding ortho intramolecular Hbond substituents is 1. The Labute approximate surface area is 170 Å². The van der Waals surface area contributed by atoms with Gasteiger partial charge in [-0.15, -0.1) is 0 Å². The number of piperazine rings is 2. The minimum absolute atomic E-state index is 0.149. The standard InChI is InChI=1S/C22H27FN4O2/c23-20-3-1-2-4-21(20)26-13-15-27(16-14-26)22(29)17-24-9-11-25(12-10-24)18-5-7-19(28)8-6-18/h1-8,28H,9-17H2. The maximum absolute atomic E-state index is 14.0. The summed E-state index contributed by atoms with van der Waals surface area (Å²) < 4.78 is 14.0. The number of carbonyl (C=O) groups is 1. The Balaban J connectivity index is 1.23. The summed E-state index contributed by atoms with van der Waals surface area (Å²) in [5, 5.41) is 9.42. The molecule has 2 aliphatic heterocycles. The number of benzene rings is 2. The molecule has 0 saturated carbocycles. The van der Waals surface area contributed by atoms with E-state index in [-0.39, 0.29) is 17.5 Å². The number of anilines is 2. The summed E-state index contributed by atoms with van der Waals surface area (Å²) in [6, 6.07) is 14.0. The van der Waals surface area contributed by atoms with E-state index in [1.54, 1.807) is 24.3 Å². The third-order valence-electron chi connectivity index (χ3n) is 5.77. The zero-order chi connectivity index (χ0) is 20.2. The van der Waals surface area contributed by atoms with Crippen molar-refractivity contribution in [3.63, 3.8) is 0 Å². The Hall–Kier alpha value is -2.80. The van der Waals surface area contributed by atoms with Gasteiger partial charge in [0.15, 0.2) is 0 Å². The SMILES string of the molecule is O=C(CN1CCN(c2ccc(O)cc2)CC1)N1CCN(c2ccccc2F)CC1. The average Bonchev–Trinajstić information content (AvgIpc) is 2.75. The van der Waals surface area contributed by atoms with Gasteiger partial charge in [0.1, 0.15) is 11.6 Å². The molecule has 6 nitrogen and oxygen atoms in total. The fraction of sp³-hybridized carbons (Fsp3) is 0.409. The lowest BCUT2D eigenvalue weighted by Crippen LogP contribution is -2.54. The molecule has 2 heterocycles. The van der Waals surface area contributed by atoms with Crippen LogP contribution < -0.4 is 9.80 Å². The number of nitrogens with zero attached hydrogens (tertiary/aromatic N) is 4. The number of amides is 1. The van der Waals surface area contributed by atoms with Crippen LogP contribution in [-0.2, 0) is 4.79 Å². The molecule has 0 spiro atoms. The van der Waals surface area contributed by atoms with Gasteiger partial charge in [0.05, 0.1) is 12.2 Å². The Kier molecular flexibility index (Phi) is 5.85. The molecular formula is C22H27FN4O2. The maximum Gasteiger partial charge on any atom is 0.236 e. The van der Waals surface area contributed by atoms with E-state index in [0.29, 0.717) is 38.4 Å². The highest BCUT2D eigenvalue weighted by Gasteiger charge is 2.25. The molecule has 2 saturated heterocycles. The highest BCUT2D eigenvalue weighted by atomic mass is 19.1. The normalized spacial score (nSPS) is 18.2. The smallest absolute Gasteiger partial charge is 0.236 e. The van der Waals surface area contributed by atoms with Crippen molar-refractivity contribution in [2.24, 2.45) is 0 Å². The number of para-hydroxylation sites is 1. The fourth-order valence-corrected chi connectivity index (χ4v) is 4.02. The lowest BCUT2D eigenvalue weighted by molar-refractivity contribution is -0.132. The van der Waals surface area contributed by atoms with Crippen LogP contribution in [0.2, 0.25) is 0 Å². The number of aromatic hydroxyl groups is 1. The van der Waals surface area contributed by atoms with Crippen LogP contribution in [-0.4, -0.2) is 79.7 Å². The monoisotopic (exact) mass is 398 g/mol. The van der Waals surface area contributed by atoms with E-state index >= 15 is 0 Å². The van der Waals surface area contributed by atoms with Gasteiger partial charge in [-0.3, -0.25) is 9.69 Å². The Morgan fingerprint density at radius 3 is 2.10 bits per heavy atom. The molecule has 0 aliphatic carbocycles. The van der Waals surface area contributed by atoms with Crippen molar-refractivity contribution in [2.45, 2.75) is 0 Å². The van der Waals surface area contributed by atoms with Gasteiger partial charge in [0, 0.05) is 58.0 Å². The first-order valence-corrected chi connectivity index (χ1v) is 10.1. The van der Waals surface area contributed by atoms with E-state index in [9.17, 15) is 14.3 Å². The van der Waals surface area contributed by atoms with Crippen LogP contribution in [0.4, 0.5) is 15.8 Å². The van der Waals surface area contributed by atoms with Crippen LogP contribution in [0, 0.1) is 5.82 Å². The molecule has 0 aromatic heterocycles. The summed E-state index contributed by atoms with van der Waals surface area (Å²) in [6.07, 6.45) is 0. The minimum Gasteiger partial charge on any atom is -0.508 e. The summed E-state index contributed by atoms with van der Waals surface area (Å²) in [4.78, 5) is 21.1. The quantitative estimate of drug-likeness (QED) is 0.854. The summed E-state index contributed by atoms with van der Waals surface area (Å²) in [7, 11) is 0. The van der Waals surface area contributed by atoms with Crippen molar-refractivity contribution in [3.05, 3.63) is 54.3 Å². The van der Waals surface area contributed by atoms with E-state index in [2.05, 4.69) is 9.80 Å². The Morgan fingerprint density at radius 2 is 1.45 bits per heavy atom. The van der Waals surface area contributed by atoms with E-state index in [1.165, 1.54) is 6.07 Å². The largest absolute Gasteiger partial charge is 0.508 e. The van der Waals surface area contributed by atoms with Crippen molar-refractivity contribution in [3.8, 4) is 5.75 Å². The van der Waals surface area contributed by atoms with Gasteiger partial charge >= 0.3 is 0 Å². The van der Waals surface area contributed by atoms with Gasteiger partial charge in [0.25, 0.3) is 0 Å². The van der Waals surface area contributed by atoms with E-state index in [1.807, 2.05) is 28.0 Å². The Bertz CT molecular complexity index is 829. The number of halogens is 1. The van der Waals surface area contributed by atoms with Gasteiger partial charge in [-0.2, -0.15) is 0 Å². The van der Waals surface area contributed by atoms with Crippen molar-refractivity contribution in [2.75, 3.05) is 68.7 Å². The molecule has 2 aliphatic rings. The maximum atomic E-state index is 14.0. The third-order valence-corrected chi connectivity index (χ3v) is 5.77. The zero-order valence-electron chi connectivity index (χ0n) is 16.5. The van der Waals surface area contributed by atoms with Crippen LogP contribution in [0.15, 0.2) is 48.5 Å². The average molecular weight is 398 g/mol. The first kappa shape index (κ1) is 19.5. The van der Waals surface area contributed by atoms with E-state index < -0.39 is 0 Å². The molecule has 0 atom stereocenters. The van der Waals surface area contributed by atoms with Crippen LogP contribution in [0.1, 0.15) is 0 Å². The molecule has 0 radical (unpaired) electrons. The molecule has 1 N–H and O–H groups in total. The van der Waals surface area contributed by atoms with Crippen LogP contribution in [0.3, 0.4) is 0 Å². The van der Waals surface area contributed by atoms with Crippen molar-refractivity contribution >= 4 is 17.3 Å². The summed E-state index contributed by atoms with van der Waals surface area (Å²) in [5.74, 6) is 0.211. The minimum atomic E-state index is -0.209. The second-order valence-electron chi connectivity index (χ2n) is 7.60. The molecular weight excluding hydrogens is 371 g/mol. The summed E-state index contributed by atoms with van der Waals surface area (Å²) in [6.45, 7) is 6.38. The zero-order valence-corrected chi connectivity index (χ0v) is 16.5. The highest BCUT2D eigenvalue weighted by molar-refractivity contribution is 5.78. The van der Waals surface area contributed by atoms with Crippen LogP contribution in [0.25, 0.3) is 0 Å². The second kappa shape index (κ2) is 8.69. The molecule has 1 amide bonds. The van der Waals surface area contributed by atoms with Gasteiger partial charge in [-0.1, -0.05) is 12.1 Å². The van der Waals surface area contributed by atoms with Gasteiger partial charge in [-0.25, -0.2) is 4.39 Å². The van der Waals surface area contributed by atoms with Gasteiger partial charge in [-0.05, 0) is 36.4 Å². The van der Waals surface area contributed by atoms with E-state index in [4.69, 9.17) is 0 Å². The molecule has 0 bridgehead atoms. The van der Waals surface area contributed by atoms with Crippen molar-refractivity contribution in [1.82, 2.24) is 9.80 Å². The third kappa shape index (κ3) is 4.62. The first-order chi connectivity index (χ1) is 14.1. The first-order valence-electron chi connectivity index (χ1n) is 10.1. The van der Waals surface area contributed by atoms with Crippen LogP contribution >= 0.6 is 0 Å². The van der Waals surface area contributed by atoms with Crippen molar-refractivity contribution in [1.29, 1.82) is 0 Å². The number of hydrogen-bond donors (Lipinski definition) is 1. The molecule has 7 heteroatoms. The molecule has 2 aromatic rings. The predicted molar refractivity (Wildman–Crippen MR) is 112 cm³/mol.